The van der Waals surface area contributed by atoms with Crippen molar-refractivity contribution < 1.29 is 23.2 Å². The Hall–Kier alpha value is -0.910. The van der Waals surface area contributed by atoms with Gasteiger partial charge < -0.3 is 14.4 Å². The summed E-state index contributed by atoms with van der Waals surface area (Å²) < 4.78 is 22.5. The summed E-state index contributed by atoms with van der Waals surface area (Å²) in [6.45, 7) is 7.19. The molecule has 0 unspecified atom stereocenters. The Morgan fingerprint density at radius 3 is 2.11 bits per heavy atom. The third-order valence-corrected chi connectivity index (χ3v) is 4.74. The lowest BCUT2D eigenvalue weighted by Gasteiger charge is -2.20. The predicted octanol–water partition coefficient (Wildman–Crippen LogP) is 1.58. The van der Waals surface area contributed by atoms with Crippen LogP contribution in [0.5, 0.6) is 0 Å². The van der Waals surface area contributed by atoms with E-state index in [0.29, 0.717) is 0 Å². The average molecular weight is 292 g/mol. The molecule has 1 aliphatic rings. The number of hydrogen-bond acceptors (Lipinski definition) is 5. The molecule has 0 aromatic rings. The second-order valence-electron chi connectivity index (χ2n) is 4.68. The monoisotopic (exact) mass is 292 g/mol. The number of carbonyl (C=O) groups is 2. The van der Waals surface area contributed by atoms with Gasteiger partial charge in [-0.1, -0.05) is 0 Å². The van der Waals surface area contributed by atoms with E-state index < -0.39 is 19.2 Å². The van der Waals surface area contributed by atoms with E-state index in [-0.39, 0.29) is 31.8 Å². The van der Waals surface area contributed by atoms with Crippen molar-refractivity contribution in [3.8, 4) is 0 Å². The van der Waals surface area contributed by atoms with Gasteiger partial charge in [0.1, 0.15) is 5.54 Å². The maximum absolute atomic E-state index is 12.2. The summed E-state index contributed by atoms with van der Waals surface area (Å²) in [7, 11) is -3.24. The van der Waals surface area contributed by atoms with Gasteiger partial charge in [-0.05, 0) is 27.7 Å². The zero-order chi connectivity index (χ0) is 14.7. The molecule has 3 amide bonds. The van der Waals surface area contributed by atoms with Gasteiger partial charge in [-0.3, -0.25) is 14.3 Å². The van der Waals surface area contributed by atoms with Crippen LogP contribution < -0.4 is 5.32 Å². The number of nitrogens with zero attached hydrogens (tertiary/aromatic N) is 1. The Morgan fingerprint density at radius 2 is 1.74 bits per heavy atom. The van der Waals surface area contributed by atoms with Gasteiger partial charge in [-0.25, -0.2) is 4.79 Å². The van der Waals surface area contributed by atoms with Crippen molar-refractivity contribution >= 4 is 19.5 Å². The fourth-order valence-corrected chi connectivity index (χ4v) is 3.37. The van der Waals surface area contributed by atoms with E-state index in [9.17, 15) is 14.2 Å². The molecule has 1 fully saturated rings. The predicted molar refractivity (Wildman–Crippen MR) is 70.0 cm³/mol. The molecule has 0 spiro atoms. The summed E-state index contributed by atoms with van der Waals surface area (Å²) in [4.78, 5) is 24.6. The molecule has 1 rings (SSSR count). The van der Waals surface area contributed by atoms with E-state index in [0.717, 1.165) is 4.90 Å². The molecule has 1 saturated heterocycles. The molecule has 0 aromatic heterocycles. The van der Waals surface area contributed by atoms with E-state index in [4.69, 9.17) is 9.05 Å². The molecule has 7 nitrogen and oxygen atoms in total. The molecule has 8 heteroatoms. The van der Waals surface area contributed by atoms with Crippen molar-refractivity contribution in [1.29, 1.82) is 0 Å². The van der Waals surface area contributed by atoms with Crippen LogP contribution in [0.25, 0.3) is 0 Å². The van der Waals surface area contributed by atoms with Crippen molar-refractivity contribution in [2.75, 3.05) is 25.9 Å². The van der Waals surface area contributed by atoms with Gasteiger partial charge in [0.2, 0.25) is 0 Å². The Bertz CT molecular complexity index is 400. The Balaban J connectivity index is 2.68. The first-order valence-corrected chi connectivity index (χ1v) is 8.01. The summed E-state index contributed by atoms with van der Waals surface area (Å²) in [6, 6.07) is -0.477. The minimum atomic E-state index is -3.24. The zero-order valence-electron chi connectivity index (χ0n) is 11.8. The Kier molecular flexibility index (Phi) is 5.12. The fraction of sp³-hybridized carbons (Fsp3) is 0.818. The van der Waals surface area contributed by atoms with E-state index in [1.165, 1.54) is 0 Å². The SMILES string of the molecule is CCOP(=O)(CCN1C(=O)NC(C)(C)C1=O)OCC. The largest absolute Gasteiger partial charge is 0.332 e. The second kappa shape index (κ2) is 6.03. The van der Waals surface area contributed by atoms with Gasteiger partial charge in [0.25, 0.3) is 5.91 Å². The van der Waals surface area contributed by atoms with E-state index in [2.05, 4.69) is 5.32 Å². The highest BCUT2D eigenvalue weighted by atomic mass is 31.2. The first-order valence-electron chi connectivity index (χ1n) is 6.28. The Morgan fingerprint density at radius 1 is 1.21 bits per heavy atom. The van der Waals surface area contributed by atoms with Crippen LogP contribution in [0.3, 0.4) is 0 Å². The average Bonchev–Trinajstić information content (AvgIpc) is 2.47. The standard InChI is InChI=1S/C11H21N2O5P/c1-5-17-19(16,18-6-2)8-7-13-9(14)11(3,4)12-10(13)15/h5-8H2,1-4H3,(H,12,15). The molecule has 0 aliphatic carbocycles. The van der Waals surface area contributed by atoms with E-state index in [1.807, 2.05) is 0 Å². The van der Waals surface area contributed by atoms with Crippen LogP contribution in [-0.4, -0.2) is 48.3 Å². The topological polar surface area (TPSA) is 84.9 Å². The molecular formula is C11H21N2O5P. The molecule has 0 atom stereocenters. The molecule has 1 N–H and O–H groups in total. The molecule has 1 heterocycles. The van der Waals surface area contributed by atoms with Gasteiger partial charge in [0, 0.05) is 6.54 Å². The number of amides is 3. The fourth-order valence-electron chi connectivity index (χ4n) is 1.80. The first kappa shape index (κ1) is 16.1. The summed E-state index contributed by atoms with van der Waals surface area (Å²) in [5, 5.41) is 2.56. The lowest BCUT2D eigenvalue weighted by atomic mass is 10.1. The molecule has 1 aliphatic heterocycles. The molecule has 0 aromatic carbocycles. The maximum Gasteiger partial charge on any atom is 0.332 e. The van der Waals surface area contributed by atoms with Gasteiger partial charge in [0.05, 0.1) is 19.4 Å². The Labute approximate surface area is 113 Å². The molecule has 110 valence electrons. The molecular weight excluding hydrogens is 271 g/mol. The smallest absolute Gasteiger partial charge is 0.324 e. The van der Waals surface area contributed by atoms with Crippen LogP contribution >= 0.6 is 7.60 Å². The maximum atomic E-state index is 12.2. The van der Waals surface area contributed by atoms with Crippen molar-refractivity contribution in [2.24, 2.45) is 0 Å². The quantitative estimate of drug-likeness (QED) is 0.569. The van der Waals surface area contributed by atoms with Crippen LogP contribution in [0.2, 0.25) is 0 Å². The van der Waals surface area contributed by atoms with Crippen LogP contribution in [0.4, 0.5) is 4.79 Å². The first-order chi connectivity index (χ1) is 8.75. The third-order valence-electron chi connectivity index (χ3n) is 2.69. The van der Waals surface area contributed by atoms with Crippen LogP contribution in [0, 0.1) is 0 Å². The van der Waals surface area contributed by atoms with Gasteiger partial charge in [-0.2, -0.15) is 0 Å². The number of imide groups is 1. The number of nitrogens with one attached hydrogen (secondary N) is 1. The normalized spacial score (nSPS) is 18.8. The van der Waals surface area contributed by atoms with Crippen LogP contribution in [-0.2, 0) is 18.4 Å². The second-order valence-corrected chi connectivity index (χ2v) is 6.87. The van der Waals surface area contributed by atoms with Gasteiger partial charge in [-0.15, -0.1) is 0 Å². The lowest BCUT2D eigenvalue weighted by molar-refractivity contribution is -0.130. The molecule has 0 bridgehead atoms. The van der Waals surface area contributed by atoms with E-state index in [1.54, 1.807) is 27.7 Å². The number of rotatable bonds is 7. The highest BCUT2D eigenvalue weighted by molar-refractivity contribution is 7.53. The lowest BCUT2D eigenvalue weighted by Crippen LogP contribution is -2.40. The number of hydrogen-bond donors (Lipinski definition) is 1. The summed E-state index contributed by atoms with van der Waals surface area (Å²) >= 11 is 0. The highest BCUT2D eigenvalue weighted by Crippen LogP contribution is 2.47. The zero-order valence-corrected chi connectivity index (χ0v) is 12.7. The van der Waals surface area contributed by atoms with Crippen molar-refractivity contribution in [2.45, 2.75) is 33.2 Å². The summed E-state index contributed by atoms with van der Waals surface area (Å²) in [5.74, 6) is -0.336. The minimum absolute atomic E-state index is 0.00389. The van der Waals surface area contributed by atoms with Crippen molar-refractivity contribution in [1.82, 2.24) is 10.2 Å². The number of carbonyl (C=O) groups excluding carboxylic acids is 2. The van der Waals surface area contributed by atoms with Crippen LogP contribution in [0.15, 0.2) is 0 Å². The van der Waals surface area contributed by atoms with Gasteiger partial charge in [0.15, 0.2) is 0 Å². The van der Waals surface area contributed by atoms with Crippen LogP contribution in [0.1, 0.15) is 27.7 Å². The molecule has 0 radical (unpaired) electrons. The minimum Gasteiger partial charge on any atom is -0.324 e. The molecule has 19 heavy (non-hydrogen) atoms. The number of urea groups is 1. The molecule has 0 saturated carbocycles. The summed E-state index contributed by atoms with van der Waals surface area (Å²) in [5.41, 5.74) is -0.918. The highest BCUT2D eigenvalue weighted by Gasteiger charge is 2.44. The summed E-state index contributed by atoms with van der Waals surface area (Å²) in [6.07, 6.45) is 0.00389. The van der Waals surface area contributed by atoms with Crippen molar-refractivity contribution in [3.05, 3.63) is 0 Å². The third kappa shape index (κ3) is 3.78. The van der Waals surface area contributed by atoms with Crippen molar-refractivity contribution in [3.63, 3.8) is 0 Å². The van der Waals surface area contributed by atoms with Gasteiger partial charge >= 0.3 is 13.6 Å². The van der Waals surface area contributed by atoms with E-state index >= 15 is 0 Å².